The van der Waals surface area contributed by atoms with Gasteiger partial charge in [0.05, 0.1) is 33.1 Å². The maximum Gasteiger partial charge on any atom is 0.251 e. The number of nitrogens with one attached hydrogen (secondary N) is 1. The molecule has 1 N–H and O–H groups in total. The van der Waals surface area contributed by atoms with Gasteiger partial charge in [0.25, 0.3) is 5.91 Å². The van der Waals surface area contributed by atoms with Gasteiger partial charge < -0.3 is 24.4 Å². The van der Waals surface area contributed by atoms with Crippen LogP contribution in [0.5, 0.6) is 17.2 Å². The Morgan fingerprint density at radius 1 is 0.886 bits per heavy atom. The summed E-state index contributed by atoms with van der Waals surface area (Å²) < 4.78 is 16.2. The highest BCUT2D eigenvalue weighted by atomic mass is 32.1. The highest BCUT2D eigenvalue weighted by Crippen LogP contribution is 2.33. The predicted octanol–water partition coefficient (Wildman–Crippen LogP) is 4.46. The Morgan fingerprint density at radius 3 is 2.26 bits per heavy atom. The number of hydrogen-bond acceptors (Lipinski definition) is 7. The van der Waals surface area contributed by atoms with Crippen molar-refractivity contribution in [2.24, 2.45) is 0 Å². The minimum absolute atomic E-state index is 0.0823. The minimum atomic E-state index is -0.132. The van der Waals surface area contributed by atoms with E-state index in [9.17, 15) is 4.79 Å². The zero-order chi connectivity index (χ0) is 24.8. The number of hydrogen-bond donors (Lipinski definition) is 1. The van der Waals surface area contributed by atoms with Crippen LogP contribution in [-0.2, 0) is 0 Å². The molecule has 0 radical (unpaired) electrons. The van der Waals surface area contributed by atoms with Gasteiger partial charge in [0.15, 0.2) is 11.5 Å². The lowest BCUT2D eigenvalue weighted by atomic mass is 10.0. The molecule has 4 rings (SSSR count). The molecule has 1 amide bonds. The highest BCUT2D eigenvalue weighted by Gasteiger charge is 2.31. The Kier molecular flexibility index (Phi) is 8.15. The van der Waals surface area contributed by atoms with Crippen molar-refractivity contribution in [3.63, 3.8) is 0 Å². The normalized spacial score (nSPS) is 15.8. The summed E-state index contributed by atoms with van der Waals surface area (Å²) in [4.78, 5) is 19.2. The fourth-order valence-corrected chi connectivity index (χ4v) is 5.64. The van der Waals surface area contributed by atoms with Crippen molar-refractivity contribution in [1.82, 2.24) is 10.2 Å². The number of anilines is 1. The van der Waals surface area contributed by atoms with Crippen molar-refractivity contribution < 1.29 is 19.0 Å². The van der Waals surface area contributed by atoms with Gasteiger partial charge in [-0.15, -0.1) is 11.3 Å². The van der Waals surface area contributed by atoms with E-state index in [-0.39, 0.29) is 18.0 Å². The number of rotatable bonds is 9. The first kappa shape index (κ1) is 24.9. The van der Waals surface area contributed by atoms with Gasteiger partial charge in [-0.25, -0.2) is 0 Å². The predicted molar refractivity (Wildman–Crippen MR) is 140 cm³/mol. The second-order valence-corrected chi connectivity index (χ2v) is 9.47. The molecular formula is C27H33N3O4S. The van der Waals surface area contributed by atoms with Crippen LogP contribution in [0.15, 0.2) is 60.0 Å². The monoisotopic (exact) mass is 495 g/mol. The average molecular weight is 496 g/mol. The molecule has 2 heterocycles. The summed E-state index contributed by atoms with van der Waals surface area (Å²) in [5, 5.41) is 5.32. The lowest BCUT2D eigenvalue weighted by Crippen LogP contribution is -2.52. The Bertz CT molecular complexity index is 1110. The summed E-state index contributed by atoms with van der Waals surface area (Å²) in [5.41, 5.74) is 1.66. The molecule has 0 bridgehead atoms. The number of nitrogens with zero attached hydrogens (tertiary/aromatic N) is 2. The quantitative estimate of drug-likeness (QED) is 0.473. The van der Waals surface area contributed by atoms with E-state index in [1.54, 1.807) is 50.9 Å². The molecule has 7 nitrogen and oxygen atoms in total. The maximum atomic E-state index is 13.1. The maximum absolute atomic E-state index is 13.1. The van der Waals surface area contributed by atoms with Gasteiger partial charge in [-0.2, -0.15) is 0 Å². The van der Waals surface area contributed by atoms with Crippen LogP contribution in [0.3, 0.4) is 0 Å². The number of benzene rings is 2. The molecule has 0 spiro atoms. The Labute approximate surface area is 211 Å². The van der Waals surface area contributed by atoms with E-state index < -0.39 is 0 Å². The Hall–Kier alpha value is -3.23. The zero-order valence-corrected chi connectivity index (χ0v) is 21.5. The van der Waals surface area contributed by atoms with E-state index in [2.05, 4.69) is 45.6 Å². The zero-order valence-electron chi connectivity index (χ0n) is 20.7. The van der Waals surface area contributed by atoms with Crippen LogP contribution in [0.2, 0.25) is 0 Å². The topological polar surface area (TPSA) is 63.3 Å². The van der Waals surface area contributed by atoms with Crippen molar-refractivity contribution in [2.45, 2.75) is 19.0 Å². The molecule has 8 heteroatoms. The molecule has 1 aliphatic rings. The molecule has 2 atom stereocenters. The lowest BCUT2D eigenvalue weighted by molar-refractivity contribution is 0.0890. The van der Waals surface area contributed by atoms with Crippen LogP contribution in [0, 0.1) is 0 Å². The molecule has 0 unspecified atom stereocenters. The van der Waals surface area contributed by atoms with E-state index in [0.29, 0.717) is 17.1 Å². The molecule has 0 saturated carbocycles. The van der Waals surface area contributed by atoms with Crippen LogP contribution in [0.4, 0.5) is 5.69 Å². The second kappa shape index (κ2) is 11.5. The largest absolute Gasteiger partial charge is 0.495 e. The SMILES string of the molecule is COc1ccc(C(=O)N[C@@H](C)[C@@H](c2cccs2)N2CCN(c3ccccc3OC)CC2)cc1OC. The van der Waals surface area contributed by atoms with E-state index in [0.717, 1.165) is 37.6 Å². The third-order valence-corrected chi connectivity index (χ3v) is 7.39. The molecule has 1 fully saturated rings. The summed E-state index contributed by atoms with van der Waals surface area (Å²) in [5.74, 6) is 1.90. The molecule has 1 saturated heterocycles. The van der Waals surface area contributed by atoms with Crippen molar-refractivity contribution >= 4 is 22.9 Å². The van der Waals surface area contributed by atoms with Crippen molar-refractivity contribution in [1.29, 1.82) is 0 Å². The first-order chi connectivity index (χ1) is 17.0. The molecule has 186 valence electrons. The number of amides is 1. The van der Waals surface area contributed by atoms with Crippen LogP contribution < -0.4 is 24.4 Å². The molecule has 0 aliphatic carbocycles. The molecule has 3 aromatic rings. The van der Waals surface area contributed by atoms with Gasteiger partial charge in [0.1, 0.15) is 5.75 Å². The number of para-hydroxylation sites is 2. The van der Waals surface area contributed by atoms with Gasteiger partial charge >= 0.3 is 0 Å². The van der Waals surface area contributed by atoms with Crippen LogP contribution in [0.25, 0.3) is 0 Å². The van der Waals surface area contributed by atoms with E-state index in [1.807, 2.05) is 18.2 Å². The fraction of sp³-hybridized carbons (Fsp3) is 0.370. The van der Waals surface area contributed by atoms with Gasteiger partial charge in [-0.05, 0) is 48.7 Å². The third-order valence-electron chi connectivity index (χ3n) is 6.45. The fourth-order valence-electron chi connectivity index (χ4n) is 4.68. The molecule has 1 aliphatic heterocycles. The van der Waals surface area contributed by atoms with E-state index in [1.165, 1.54) is 4.88 Å². The molecule has 35 heavy (non-hydrogen) atoms. The number of thiophene rings is 1. The number of methoxy groups -OCH3 is 3. The number of piperazine rings is 1. The third kappa shape index (κ3) is 5.55. The second-order valence-electron chi connectivity index (χ2n) is 8.49. The van der Waals surface area contributed by atoms with Gasteiger partial charge in [0, 0.05) is 42.7 Å². The number of carbonyl (C=O) groups excluding carboxylic acids is 1. The standard InChI is InChI=1S/C27H33N3O4S/c1-19(28-27(31)20-11-12-23(33-3)24(18-20)34-4)26(25-10-7-17-35-25)30-15-13-29(14-16-30)21-8-5-6-9-22(21)32-2/h5-12,17-19,26H,13-16H2,1-4H3,(H,28,31)/t19-,26-/m0/s1. The number of ether oxygens (including phenoxy) is 3. The van der Waals surface area contributed by atoms with Gasteiger partial charge in [0.2, 0.25) is 0 Å². The smallest absolute Gasteiger partial charge is 0.251 e. The summed E-state index contributed by atoms with van der Waals surface area (Å²) in [6.45, 7) is 5.63. The first-order valence-corrected chi connectivity index (χ1v) is 12.6. The highest BCUT2D eigenvalue weighted by molar-refractivity contribution is 7.10. The van der Waals surface area contributed by atoms with Crippen molar-refractivity contribution in [3.8, 4) is 17.2 Å². The van der Waals surface area contributed by atoms with E-state index in [4.69, 9.17) is 14.2 Å². The Balaban J connectivity index is 1.48. The van der Waals surface area contributed by atoms with E-state index >= 15 is 0 Å². The summed E-state index contributed by atoms with van der Waals surface area (Å²) in [6.07, 6.45) is 0. The minimum Gasteiger partial charge on any atom is -0.495 e. The van der Waals surface area contributed by atoms with Gasteiger partial charge in [-0.1, -0.05) is 18.2 Å². The molecule has 2 aromatic carbocycles. The van der Waals surface area contributed by atoms with Crippen LogP contribution >= 0.6 is 11.3 Å². The Morgan fingerprint density at radius 2 is 1.60 bits per heavy atom. The lowest BCUT2D eigenvalue weighted by Gasteiger charge is -2.42. The number of carbonyl (C=O) groups is 1. The van der Waals surface area contributed by atoms with Crippen molar-refractivity contribution in [2.75, 3.05) is 52.4 Å². The summed E-state index contributed by atoms with van der Waals surface area (Å²) in [6, 6.07) is 17.6. The first-order valence-electron chi connectivity index (χ1n) is 11.7. The van der Waals surface area contributed by atoms with Gasteiger partial charge in [-0.3, -0.25) is 9.69 Å². The van der Waals surface area contributed by atoms with Crippen LogP contribution in [0.1, 0.15) is 28.2 Å². The molecular weight excluding hydrogens is 462 g/mol. The van der Waals surface area contributed by atoms with Crippen LogP contribution in [-0.4, -0.2) is 64.4 Å². The summed E-state index contributed by atoms with van der Waals surface area (Å²) in [7, 11) is 4.86. The summed E-state index contributed by atoms with van der Waals surface area (Å²) >= 11 is 1.73. The van der Waals surface area contributed by atoms with Crippen molar-refractivity contribution in [3.05, 3.63) is 70.4 Å². The average Bonchev–Trinajstić information content (AvgIpc) is 3.43. The molecule has 1 aromatic heterocycles.